The number of alkyl carbamates (subject to hydrolysis) is 1. The molecule has 1 saturated heterocycles. The quantitative estimate of drug-likeness (QED) is 0.248. The third-order valence-corrected chi connectivity index (χ3v) is 7.97. The summed E-state index contributed by atoms with van der Waals surface area (Å²) in [4.78, 5) is 51.2. The number of aryl methyl sites for hydroxylation is 2. The van der Waals surface area contributed by atoms with Crippen LogP contribution in [0.1, 0.15) is 89.2 Å². The van der Waals surface area contributed by atoms with Crippen LogP contribution in [0.2, 0.25) is 0 Å². The number of hydrogen-bond acceptors (Lipinski definition) is 10. The number of imidazole rings is 1. The summed E-state index contributed by atoms with van der Waals surface area (Å²) < 4.78 is 18.2. The second-order valence-corrected chi connectivity index (χ2v) is 14.2. The topological polar surface area (TPSA) is 168 Å². The van der Waals surface area contributed by atoms with Gasteiger partial charge in [0, 0.05) is 32.6 Å². The highest BCUT2D eigenvalue weighted by atomic mass is 16.6. The Balaban J connectivity index is 1.55. The van der Waals surface area contributed by atoms with Crippen molar-refractivity contribution >= 4 is 29.0 Å². The Kier molecular flexibility index (Phi) is 9.63. The molecule has 3 atom stereocenters. The molecule has 1 aliphatic heterocycles. The monoisotopic (exact) mass is 659 g/mol. The number of carbonyl (C=O) groups excluding carboxylic acids is 3. The van der Waals surface area contributed by atoms with Gasteiger partial charge in [0.25, 0.3) is 0 Å². The van der Waals surface area contributed by atoms with Gasteiger partial charge in [-0.25, -0.2) is 9.78 Å². The number of nitrogens with two attached hydrogens (primary N) is 1. The molecule has 3 heterocycles. The van der Waals surface area contributed by atoms with Gasteiger partial charge in [-0.2, -0.15) is 4.98 Å². The molecule has 2 aromatic heterocycles. The fourth-order valence-corrected chi connectivity index (χ4v) is 5.79. The van der Waals surface area contributed by atoms with Crippen LogP contribution in [0.25, 0.3) is 22.4 Å². The van der Waals surface area contributed by atoms with Crippen molar-refractivity contribution in [2.75, 3.05) is 13.1 Å². The highest BCUT2D eigenvalue weighted by Gasteiger charge is 2.38. The molecule has 256 valence electrons. The first-order valence-corrected chi connectivity index (χ1v) is 16.1. The second-order valence-electron chi connectivity index (χ2n) is 14.2. The van der Waals surface area contributed by atoms with Crippen LogP contribution in [0, 0.1) is 6.92 Å². The Hall–Kier alpha value is -4.78. The molecule has 0 spiro atoms. The van der Waals surface area contributed by atoms with E-state index in [-0.39, 0.29) is 5.91 Å². The molecular formula is C35H45N7O6. The molecule has 1 fully saturated rings. The van der Waals surface area contributed by atoms with Crippen molar-refractivity contribution in [3.63, 3.8) is 0 Å². The number of carbonyl (C=O) groups is 3. The van der Waals surface area contributed by atoms with Crippen molar-refractivity contribution in [3.8, 4) is 11.4 Å². The number of hydrogen-bond donors (Lipinski definition) is 2. The Bertz CT molecular complexity index is 1790. The van der Waals surface area contributed by atoms with Gasteiger partial charge in [0.15, 0.2) is 0 Å². The van der Waals surface area contributed by atoms with Crippen molar-refractivity contribution in [1.29, 1.82) is 0 Å². The lowest BCUT2D eigenvalue weighted by Crippen LogP contribution is -2.47. The summed E-state index contributed by atoms with van der Waals surface area (Å²) in [5.41, 5.74) is 8.37. The Morgan fingerprint density at radius 3 is 2.12 bits per heavy atom. The van der Waals surface area contributed by atoms with E-state index < -0.39 is 41.3 Å². The number of aromatic nitrogens is 4. The second kappa shape index (κ2) is 13.4. The first-order valence-electron chi connectivity index (χ1n) is 16.1. The van der Waals surface area contributed by atoms with Crippen LogP contribution in [-0.2, 0) is 26.1 Å². The number of likely N-dealkylation sites (tertiary alicyclic amines) is 1. The average Bonchev–Trinajstić information content (AvgIpc) is 3.75. The molecular weight excluding hydrogens is 614 g/mol. The first kappa shape index (κ1) is 34.6. The van der Waals surface area contributed by atoms with Crippen molar-refractivity contribution < 1.29 is 28.4 Å². The lowest BCUT2D eigenvalue weighted by Gasteiger charge is -2.29. The van der Waals surface area contributed by atoms with E-state index in [2.05, 4.69) is 15.5 Å². The summed E-state index contributed by atoms with van der Waals surface area (Å²) in [6, 6.07) is 10.9. The fraction of sp³-hybridized carbons (Fsp3) is 0.486. The molecule has 1 aliphatic rings. The van der Waals surface area contributed by atoms with Gasteiger partial charge in [0.05, 0.1) is 17.0 Å². The van der Waals surface area contributed by atoms with Crippen LogP contribution in [0.4, 0.5) is 4.79 Å². The maximum atomic E-state index is 13.9. The number of amides is 2. The molecule has 0 radical (unpaired) electrons. The summed E-state index contributed by atoms with van der Waals surface area (Å²) in [5.74, 6) is -0.409. The van der Waals surface area contributed by atoms with Crippen LogP contribution < -0.4 is 11.1 Å². The van der Waals surface area contributed by atoms with Gasteiger partial charge in [0.1, 0.15) is 29.1 Å². The molecule has 2 aromatic carbocycles. The molecule has 13 nitrogen and oxygen atoms in total. The Morgan fingerprint density at radius 2 is 1.54 bits per heavy atom. The van der Waals surface area contributed by atoms with E-state index in [0.29, 0.717) is 41.7 Å². The standard InChI is InChI=1S/C35H45N7O6/c1-20-37-29(40-48-20)22-13-11-21(12-14-22)28(39-33(45)47-35(5,6)7)30-38-24-19-23(15-16-25(24)41(30)8)26(31(43)42-17-9-10-18-42)27(36)32(44)46-34(2,3)4/h11-16,19,26-28H,9-10,17-18,36H2,1-8H3,(H,39,45)/t26-,27?,28?/m1/s1. The summed E-state index contributed by atoms with van der Waals surface area (Å²) in [6.45, 7) is 13.6. The minimum absolute atomic E-state index is 0.220. The number of nitrogens with zero attached hydrogens (tertiary/aromatic N) is 5. The minimum atomic E-state index is -1.22. The third-order valence-electron chi connectivity index (χ3n) is 7.97. The van der Waals surface area contributed by atoms with Crippen molar-refractivity contribution in [2.24, 2.45) is 12.8 Å². The molecule has 48 heavy (non-hydrogen) atoms. The number of rotatable bonds is 8. The van der Waals surface area contributed by atoms with E-state index in [1.807, 2.05) is 41.9 Å². The van der Waals surface area contributed by atoms with E-state index in [1.165, 1.54) is 0 Å². The van der Waals surface area contributed by atoms with Crippen molar-refractivity contribution in [1.82, 2.24) is 29.9 Å². The van der Waals surface area contributed by atoms with Gasteiger partial charge in [-0.15, -0.1) is 0 Å². The smallest absolute Gasteiger partial charge is 0.408 e. The van der Waals surface area contributed by atoms with Gasteiger partial charge >= 0.3 is 12.1 Å². The number of ether oxygens (including phenoxy) is 2. The number of esters is 1. The van der Waals surface area contributed by atoms with Crippen molar-refractivity contribution in [3.05, 3.63) is 65.3 Å². The maximum Gasteiger partial charge on any atom is 0.408 e. The SMILES string of the molecule is Cc1nc(-c2ccc(C(NC(=O)OC(C)(C)C)c3nc4cc([C@@H](C(=O)N5CCCC5)C(N)C(=O)OC(C)(C)C)ccc4n3C)cc2)no1. The lowest BCUT2D eigenvalue weighted by molar-refractivity contribution is -0.159. The first-order chi connectivity index (χ1) is 22.5. The highest BCUT2D eigenvalue weighted by Crippen LogP contribution is 2.32. The minimum Gasteiger partial charge on any atom is -0.459 e. The van der Waals surface area contributed by atoms with E-state index in [4.69, 9.17) is 24.7 Å². The zero-order valence-corrected chi connectivity index (χ0v) is 28.9. The van der Waals surface area contributed by atoms with Gasteiger partial charge in [-0.1, -0.05) is 35.5 Å². The molecule has 0 bridgehead atoms. The van der Waals surface area contributed by atoms with E-state index in [9.17, 15) is 14.4 Å². The number of nitrogens with one attached hydrogen (secondary N) is 1. The zero-order valence-electron chi connectivity index (χ0n) is 28.9. The molecule has 4 aromatic rings. The van der Waals surface area contributed by atoms with Crippen LogP contribution in [-0.4, -0.2) is 72.9 Å². The molecule has 2 unspecified atom stereocenters. The molecule has 2 amide bonds. The van der Waals surface area contributed by atoms with E-state index >= 15 is 0 Å². The van der Waals surface area contributed by atoms with Crippen LogP contribution >= 0.6 is 0 Å². The van der Waals surface area contributed by atoms with Gasteiger partial charge in [-0.3, -0.25) is 9.59 Å². The zero-order chi connectivity index (χ0) is 35.0. The van der Waals surface area contributed by atoms with E-state index in [1.54, 1.807) is 65.5 Å². The fourth-order valence-electron chi connectivity index (χ4n) is 5.79. The lowest BCUT2D eigenvalue weighted by atomic mass is 9.90. The Morgan fingerprint density at radius 1 is 0.917 bits per heavy atom. The molecule has 5 rings (SSSR count). The number of fused-ring (bicyclic) bond motifs is 1. The predicted octanol–water partition coefficient (Wildman–Crippen LogP) is 4.92. The van der Waals surface area contributed by atoms with Crippen LogP contribution in [0.15, 0.2) is 47.0 Å². The van der Waals surface area contributed by atoms with Gasteiger partial charge in [0.2, 0.25) is 17.6 Å². The van der Waals surface area contributed by atoms with Crippen LogP contribution in [0.5, 0.6) is 0 Å². The number of benzene rings is 2. The summed E-state index contributed by atoms with van der Waals surface area (Å²) in [5, 5.41) is 6.98. The molecule has 13 heteroatoms. The maximum absolute atomic E-state index is 13.9. The summed E-state index contributed by atoms with van der Waals surface area (Å²) >= 11 is 0. The van der Waals surface area contributed by atoms with Crippen molar-refractivity contribution in [2.45, 2.75) is 90.5 Å². The summed E-state index contributed by atoms with van der Waals surface area (Å²) in [6.07, 6.45) is 1.17. The van der Waals surface area contributed by atoms with Gasteiger partial charge in [-0.05, 0) is 77.6 Å². The molecule has 0 aliphatic carbocycles. The van der Waals surface area contributed by atoms with Gasteiger partial charge < -0.3 is 34.5 Å². The molecule has 3 N–H and O–H groups in total. The Labute approximate surface area is 280 Å². The van der Waals surface area contributed by atoms with E-state index in [0.717, 1.165) is 29.5 Å². The van der Waals surface area contributed by atoms with Crippen LogP contribution in [0.3, 0.4) is 0 Å². The summed E-state index contributed by atoms with van der Waals surface area (Å²) in [7, 11) is 1.85. The third kappa shape index (κ3) is 7.84. The normalized spacial score (nSPS) is 15.6. The largest absolute Gasteiger partial charge is 0.459 e. The average molecular weight is 660 g/mol. The predicted molar refractivity (Wildman–Crippen MR) is 179 cm³/mol. The molecule has 0 saturated carbocycles. The highest BCUT2D eigenvalue weighted by molar-refractivity contribution is 5.93.